The molecule has 0 saturated heterocycles. The SMILES string of the molecule is CC(C#N)(COc1cc(F)cc(C#N)c1)NC(=O)c1ccc(S(F)(F)(F)(F)F)cc1. The molecule has 2 rings (SSSR count). The zero-order valence-corrected chi connectivity index (χ0v) is 16.0. The molecule has 0 aliphatic rings. The lowest BCUT2D eigenvalue weighted by molar-refractivity contribution is 0.0900. The van der Waals surface area contributed by atoms with Crippen molar-refractivity contribution in [1.82, 2.24) is 5.32 Å². The number of nitrogens with zero attached hydrogens (tertiary/aromatic N) is 2. The van der Waals surface area contributed by atoms with Gasteiger partial charge in [-0.2, -0.15) is 10.5 Å². The van der Waals surface area contributed by atoms with Crippen LogP contribution in [0, 0.1) is 28.5 Å². The van der Waals surface area contributed by atoms with Crippen LogP contribution in [0.5, 0.6) is 5.75 Å². The van der Waals surface area contributed by atoms with E-state index in [-0.39, 0.29) is 23.4 Å². The Kier molecular flexibility index (Phi) is 5.23. The second kappa shape index (κ2) is 6.85. The van der Waals surface area contributed by atoms with Crippen molar-refractivity contribution >= 4 is 16.1 Å². The van der Waals surface area contributed by atoms with Crippen LogP contribution in [0.4, 0.5) is 23.8 Å². The Morgan fingerprint density at radius 1 is 1.10 bits per heavy atom. The van der Waals surface area contributed by atoms with Crippen LogP contribution >= 0.6 is 10.2 Å². The van der Waals surface area contributed by atoms with Crippen LogP contribution in [-0.2, 0) is 0 Å². The molecule has 1 N–H and O–H groups in total. The van der Waals surface area contributed by atoms with Crippen LogP contribution in [-0.4, -0.2) is 18.1 Å². The summed E-state index contributed by atoms with van der Waals surface area (Å²) in [6, 6.07) is 7.78. The molecule has 0 aliphatic carbocycles. The number of hydrogen-bond acceptors (Lipinski definition) is 4. The summed E-state index contributed by atoms with van der Waals surface area (Å²) in [4.78, 5) is 10.1. The highest BCUT2D eigenvalue weighted by Crippen LogP contribution is 3.02. The molecule has 30 heavy (non-hydrogen) atoms. The van der Waals surface area contributed by atoms with E-state index in [9.17, 15) is 33.9 Å². The van der Waals surface area contributed by atoms with Crippen LogP contribution in [0.3, 0.4) is 0 Å². The fourth-order valence-electron chi connectivity index (χ4n) is 2.22. The summed E-state index contributed by atoms with van der Waals surface area (Å²) in [6.45, 7) is 0.714. The molecule has 0 aromatic heterocycles. The molecular weight excluding hydrogens is 436 g/mol. The normalized spacial score (nSPS) is 15.5. The molecule has 0 radical (unpaired) electrons. The molecule has 12 heteroatoms. The van der Waals surface area contributed by atoms with E-state index in [1.807, 2.05) is 0 Å². The summed E-state index contributed by atoms with van der Waals surface area (Å²) in [6.07, 6.45) is 0. The maximum Gasteiger partial charge on any atom is 0.310 e. The standard InChI is InChI=1S/C18H13F6N3O2S/c1-18(10-26,11-29-15-7-12(9-25)6-14(19)8-15)27-17(28)13-2-4-16(5-3-13)30(20,21,22,23)24/h2-8H,11H2,1H3,(H,27,28). The molecule has 1 amide bonds. The summed E-state index contributed by atoms with van der Waals surface area (Å²) in [5, 5.41) is 20.3. The zero-order chi connectivity index (χ0) is 22.9. The van der Waals surface area contributed by atoms with Gasteiger partial charge in [0.2, 0.25) is 0 Å². The third-order valence-electron chi connectivity index (χ3n) is 3.73. The third-order valence-corrected chi connectivity index (χ3v) is 4.89. The first-order valence-electron chi connectivity index (χ1n) is 7.97. The first-order chi connectivity index (χ1) is 13.5. The molecule has 0 fully saturated rings. The van der Waals surface area contributed by atoms with E-state index in [2.05, 4.69) is 5.32 Å². The monoisotopic (exact) mass is 449 g/mol. The minimum absolute atomic E-state index is 0.0447. The molecular formula is C18H13F6N3O2S. The quantitative estimate of drug-likeness (QED) is 0.595. The molecule has 2 aromatic rings. The number of rotatable bonds is 6. The van der Waals surface area contributed by atoms with Crippen LogP contribution in [0.25, 0.3) is 0 Å². The summed E-state index contributed by atoms with van der Waals surface area (Å²) >= 11 is 0. The van der Waals surface area contributed by atoms with Gasteiger partial charge >= 0.3 is 10.2 Å². The van der Waals surface area contributed by atoms with Crippen molar-refractivity contribution < 1.29 is 33.4 Å². The Morgan fingerprint density at radius 3 is 2.20 bits per heavy atom. The number of hydrogen-bond donors (Lipinski definition) is 1. The Labute approximate surface area is 167 Å². The van der Waals surface area contributed by atoms with Gasteiger partial charge in [-0.05, 0) is 43.3 Å². The van der Waals surface area contributed by atoms with Crippen molar-refractivity contribution in [3.63, 3.8) is 0 Å². The topological polar surface area (TPSA) is 85.9 Å². The van der Waals surface area contributed by atoms with Gasteiger partial charge in [-0.3, -0.25) is 4.79 Å². The van der Waals surface area contributed by atoms with E-state index in [4.69, 9.17) is 10.00 Å². The predicted octanol–water partition coefficient (Wildman–Crippen LogP) is 5.45. The minimum atomic E-state index is -9.87. The Bertz CT molecular complexity index is 1080. The smallest absolute Gasteiger partial charge is 0.310 e. The number of amides is 1. The van der Waals surface area contributed by atoms with Gasteiger partial charge < -0.3 is 10.1 Å². The fourth-order valence-corrected chi connectivity index (χ4v) is 2.87. The molecule has 0 heterocycles. The number of nitrogens with one attached hydrogen (secondary N) is 1. The highest BCUT2D eigenvalue weighted by atomic mass is 32.5. The van der Waals surface area contributed by atoms with E-state index in [0.717, 1.165) is 12.1 Å². The van der Waals surface area contributed by atoms with Crippen molar-refractivity contribution in [2.75, 3.05) is 6.61 Å². The fraction of sp³-hybridized carbons (Fsp3) is 0.167. The van der Waals surface area contributed by atoms with Crippen LogP contribution in [0.1, 0.15) is 22.8 Å². The number of nitriles is 2. The van der Waals surface area contributed by atoms with Gasteiger partial charge in [0.1, 0.15) is 23.1 Å². The van der Waals surface area contributed by atoms with Gasteiger partial charge in [0.25, 0.3) is 5.91 Å². The first kappa shape index (κ1) is 22.9. The second-order valence-corrected chi connectivity index (χ2v) is 8.88. The lowest BCUT2D eigenvalue weighted by atomic mass is 10.1. The van der Waals surface area contributed by atoms with Gasteiger partial charge in [0, 0.05) is 11.6 Å². The first-order valence-corrected chi connectivity index (χ1v) is 9.92. The van der Waals surface area contributed by atoms with Crippen molar-refractivity contribution in [3.8, 4) is 17.9 Å². The molecule has 0 aliphatic heterocycles. The van der Waals surface area contributed by atoms with Crippen molar-refractivity contribution in [3.05, 3.63) is 59.4 Å². The highest BCUT2D eigenvalue weighted by Gasteiger charge is 2.65. The number of halogens is 6. The van der Waals surface area contributed by atoms with E-state index >= 15 is 0 Å². The number of ether oxygens (including phenoxy) is 1. The maximum atomic E-state index is 13.4. The lowest BCUT2D eigenvalue weighted by Crippen LogP contribution is -2.49. The molecule has 0 spiro atoms. The van der Waals surface area contributed by atoms with E-state index < -0.39 is 44.6 Å². The molecule has 2 aromatic carbocycles. The zero-order valence-electron chi connectivity index (χ0n) is 15.1. The van der Waals surface area contributed by atoms with Crippen molar-refractivity contribution in [2.24, 2.45) is 0 Å². The van der Waals surface area contributed by atoms with Crippen molar-refractivity contribution in [1.29, 1.82) is 10.5 Å². The average Bonchev–Trinajstić information content (AvgIpc) is 2.64. The van der Waals surface area contributed by atoms with Crippen LogP contribution in [0.2, 0.25) is 0 Å². The van der Waals surface area contributed by atoms with E-state index in [1.165, 1.54) is 13.0 Å². The number of carbonyl (C=O) groups is 1. The van der Waals surface area contributed by atoms with Gasteiger partial charge in [-0.15, -0.1) is 0 Å². The van der Waals surface area contributed by atoms with E-state index in [0.29, 0.717) is 12.1 Å². The lowest BCUT2D eigenvalue weighted by Gasteiger charge is -2.40. The van der Waals surface area contributed by atoms with Crippen LogP contribution < -0.4 is 10.1 Å². The van der Waals surface area contributed by atoms with Crippen molar-refractivity contribution in [2.45, 2.75) is 17.4 Å². The Morgan fingerprint density at radius 2 is 1.70 bits per heavy atom. The molecule has 0 saturated carbocycles. The Hall–Kier alpha value is -3.38. The average molecular weight is 449 g/mol. The summed E-state index contributed by atoms with van der Waals surface area (Å²) in [5.74, 6) is -1.88. The molecule has 0 bridgehead atoms. The summed E-state index contributed by atoms with van der Waals surface area (Å²) in [5.41, 5.74) is -2.16. The third kappa shape index (κ3) is 5.81. The number of carbonyl (C=O) groups excluding carboxylic acids is 1. The molecule has 1 unspecified atom stereocenters. The maximum absolute atomic E-state index is 13.4. The van der Waals surface area contributed by atoms with E-state index in [1.54, 1.807) is 12.1 Å². The second-order valence-electron chi connectivity index (χ2n) is 6.47. The Balaban J connectivity index is 2.15. The van der Waals surface area contributed by atoms with Crippen LogP contribution in [0.15, 0.2) is 47.4 Å². The molecule has 1 atom stereocenters. The minimum Gasteiger partial charge on any atom is -0.490 e. The largest absolute Gasteiger partial charge is 0.490 e. The predicted molar refractivity (Wildman–Crippen MR) is 95.9 cm³/mol. The van der Waals surface area contributed by atoms with Gasteiger partial charge in [0.15, 0.2) is 5.54 Å². The van der Waals surface area contributed by atoms with Gasteiger partial charge in [-0.1, -0.05) is 19.4 Å². The van der Waals surface area contributed by atoms with Gasteiger partial charge in [0.05, 0.1) is 17.7 Å². The number of benzene rings is 2. The summed E-state index contributed by atoms with van der Waals surface area (Å²) < 4.78 is 82.4. The van der Waals surface area contributed by atoms with Gasteiger partial charge in [-0.25, -0.2) is 4.39 Å². The molecule has 160 valence electrons. The summed E-state index contributed by atoms with van der Waals surface area (Å²) in [7, 11) is -9.87. The molecule has 5 nitrogen and oxygen atoms in total. The highest BCUT2D eigenvalue weighted by molar-refractivity contribution is 8.45.